The van der Waals surface area contributed by atoms with Gasteiger partial charge in [0.1, 0.15) is 11.8 Å². The van der Waals surface area contributed by atoms with Gasteiger partial charge in [0.2, 0.25) is 15.9 Å². The van der Waals surface area contributed by atoms with Crippen molar-refractivity contribution in [1.29, 1.82) is 0 Å². The molecule has 0 aliphatic carbocycles. The monoisotopic (exact) mass is 445 g/mol. The van der Waals surface area contributed by atoms with Gasteiger partial charge in [-0.3, -0.25) is 9.10 Å². The van der Waals surface area contributed by atoms with Crippen LogP contribution in [0.4, 0.5) is 11.4 Å². The van der Waals surface area contributed by atoms with Crippen LogP contribution in [0.15, 0.2) is 48.5 Å². The fraction of sp³-hybridized carbons (Fsp3) is 0.435. The number of carbonyl (C=O) groups excluding carboxylic acids is 1. The first-order valence-electron chi connectivity index (χ1n) is 10.6. The van der Waals surface area contributed by atoms with E-state index >= 15 is 0 Å². The fourth-order valence-electron chi connectivity index (χ4n) is 3.80. The van der Waals surface area contributed by atoms with Crippen molar-refractivity contribution in [2.45, 2.75) is 39.3 Å². The molecule has 2 aromatic carbocycles. The number of amides is 1. The van der Waals surface area contributed by atoms with E-state index in [1.165, 1.54) is 18.5 Å². The molecule has 0 unspecified atom stereocenters. The first-order chi connectivity index (χ1) is 14.8. The van der Waals surface area contributed by atoms with Gasteiger partial charge in [-0.15, -0.1) is 0 Å². The average Bonchev–Trinajstić information content (AvgIpc) is 3.28. The summed E-state index contributed by atoms with van der Waals surface area (Å²) in [7, 11) is -3.66. The van der Waals surface area contributed by atoms with Crippen molar-refractivity contribution in [1.82, 2.24) is 5.32 Å². The first kappa shape index (κ1) is 22.9. The Kier molecular flexibility index (Phi) is 7.43. The Hall–Kier alpha value is -2.74. The smallest absolute Gasteiger partial charge is 0.243 e. The Morgan fingerprint density at radius 1 is 1.10 bits per heavy atom. The second-order valence-electron chi connectivity index (χ2n) is 7.74. The summed E-state index contributed by atoms with van der Waals surface area (Å²) >= 11 is 0. The first-order valence-corrected chi connectivity index (χ1v) is 12.5. The van der Waals surface area contributed by atoms with E-state index in [4.69, 9.17) is 4.74 Å². The van der Waals surface area contributed by atoms with Crippen molar-refractivity contribution in [3.05, 3.63) is 54.1 Å². The zero-order valence-corrected chi connectivity index (χ0v) is 19.2. The van der Waals surface area contributed by atoms with Crippen LogP contribution in [0.5, 0.6) is 5.75 Å². The average molecular weight is 446 g/mol. The molecule has 31 heavy (non-hydrogen) atoms. The molecule has 1 amide bonds. The summed E-state index contributed by atoms with van der Waals surface area (Å²) in [4.78, 5) is 15.1. The molecule has 1 fully saturated rings. The van der Waals surface area contributed by atoms with Gasteiger partial charge in [0, 0.05) is 25.3 Å². The minimum absolute atomic E-state index is 0.338. The van der Waals surface area contributed by atoms with Crippen LogP contribution in [0.25, 0.3) is 0 Å². The zero-order chi connectivity index (χ0) is 22.4. The topological polar surface area (TPSA) is 79.0 Å². The molecule has 1 aliphatic heterocycles. The molecule has 1 N–H and O–H groups in total. The largest absolute Gasteiger partial charge is 0.494 e. The third kappa shape index (κ3) is 5.91. The van der Waals surface area contributed by atoms with Crippen LogP contribution in [0.2, 0.25) is 0 Å². The van der Waals surface area contributed by atoms with Gasteiger partial charge in [-0.25, -0.2) is 8.42 Å². The molecule has 1 saturated heterocycles. The van der Waals surface area contributed by atoms with Crippen LogP contribution in [0, 0.1) is 0 Å². The lowest BCUT2D eigenvalue weighted by molar-refractivity contribution is -0.122. The number of nitrogens with one attached hydrogen (secondary N) is 1. The summed E-state index contributed by atoms with van der Waals surface area (Å²) in [5.74, 6) is 0.289. The number of ether oxygens (including phenoxy) is 1. The van der Waals surface area contributed by atoms with E-state index in [1.54, 1.807) is 31.2 Å². The number of carbonyl (C=O) groups is 1. The predicted molar refractivity (Wildman–Crippen MR) is 124 cm³/mol. The predicted octanol–water partition coefficient (Wildman–Crippen LogP) is 3.16. The summed E-state index contributed by atoms with van der Waals surface area (Å²) in [5.41, 5.74) is 2.58. The molecule has 0 spiro atoms. The van der Waals surface area contributed by atoms with Gasteiger partial charge < -0.3 is 15.0 Å². The third-order valence-electron chi connectivity index (χ3n) is 5.37. The van der Waals surface area contributed by atoms with E-state index in [-0.39, 0.29) is 5.91 Å². The lowest BCUT2D eigenvalue weighted by atomic mass is 10.2. The van der Waals surface area contributed by atoms with E-state index in [0.29, 0.717) is 24.6 Å². The molecule has 1 aliphatic rings. The Morgan fingerprint density at radius 3 is 2.26 bits per heavy atom. The number of rotatable bonds is 9. The molecule has 0 bridgehead atoms. The maximum absolute atomic E-state index is 12.8. The quantitative estimate of drug-likeness (QED) is 0.641. The van der Waals surface area contributed by atoms with Crippen molar-refractivity contribution in [2.75, 3.05) is 35.2 Å². The highest BCUT2D eigenvalue weighted by atomic mass is 32.2. The van der Waals surface area contributed by atoms with E-state index in [2.05, 4.69) is 22.3 Å². The molecule has 2 aromatic rings. The van der Waals surface area contributed by atoms with E-state index in [0.717, 1.165) is 29.2 Å². The molecule has 8 heteroatoms. The van der Waals surface area contributed by atoms with Crippen molar-refractivity contribution in [3.63, 3.8) is 0 Å². The number of hydrogen-bond acceptors (Lipinski definition) is 5. The van der Waals surface area contributed by atoms with Crippen LogP contribution in [0.3, 0.4) is 0 Å². The zero-order valence-electron chi connectivity index (χ0n) is 18.4. The minimum Gasteiger partial charge on any atom is -0.494 e. The van der Waals surface area contributed by atoms with Crippen molar-refractivity contribution < 1.29 is 17.9 Å². The Morgan fingerprint density at radius 2 is 1.71 bits per heavy atom. The van der Waals surface area contributed by atoms with Gasteiger partial charge in [-0.05, 0) is 68.7 Å². The standard InChI is InChI=1S/C23H31N3O4S/c1-4-30-22-13-11-21(12-14-22)26(31(3,28)29)18(2)23(27)24-17-19-7-9-20(10-8-19)25-15-5-6-16-25/h7-14,18H,4-6,15-17H2,1-3H3,(H,24,27)/t18-/m1/s1. The van der Waals surface area contributed by atoms with E-state index in [1.807, 2.05) is 19.1 Å². The maximum atomic E-state index is 12.8. The number of nitrogens with zero attached hydrogens (tertiary/aromatic N) is 2. The summed E-state index contributed by atoms with van der Waals surface area (Å²) in [6.07, 6.45) is 3.55. The van der Waals surface area contributed by atoms with Crippen molar-refractivity contribution >= 4 is 27.3 Å². The van der Waals surface area contributed by atoms with Crippen LogP contribution in [-0.2, 0) is 21.4 Å². The van der Waals surface area contributed by atoms with E-state index in [9.17, 15) is 13.2 Å². The van der Waals surface area contributed by atoms with Gasteiger partial charge in [0.25, 0.3) is 0 Å². The molecule has 3 rings (SSSR count). The Bertz CT molecular complexity index is 969. The maximum Gasteiger partial charge on any atom is 0.243 e. The Labute approximate surface area is 185 Å². The second-order valence-corrected chi connectivity index (χ2v) is 9.60. The summed E-state index contributed by atoms with van der Waals surface area (Å²) in [6.45, 7) is 6.49. The molecule has 0 saturated carbocycles. The number of hydrogen-bond donors (Lipinski definition) is 1. The molecule has 0 radical (unpaired) electrons. The number of benzene rings is 2. The van der Waals surface area contributed by atoms with Crippen LogP contribution >= 0.6 is 0 Å². The SMILES string of the molecule is CCOc1ccc(N([C@H](C)C(=O)NCc2ccc(N3CCCC3)cc2)S(C)(=O)=O)cc1. The van der Waals surface area contributed by atoms with Crippen molar-refractivity contribution in [2.24, 2.45) is 0 Å². The van der Waals surface area contributed by atoms with Crippen molar-refractivity contribution in [3.8, 4) is 5.75 Å². The lowest BCUT2D eigenvalue weighted by Gasteiger charge is -2.28. The summed E-state index contributed by atoms with van der Waals surface area (Å²) in [6, 6.07) is 13.9. The molecule has 7 nitrogen and oxygen atoms in total. The van der Waals surface area contributed by atoms with Crippen LogP contribution in [-0.4, -0.2) is 46.3 Å². The lowest BCUT2D eigenvalue weighted by Crippen LogP contribution is -2.47. The second kappa shape index (κ2) is 10.0. The molecule has 1 atom stereocenters. The Balaban J connectivity index is 1.65. The van der Waals surface area contributed by atoms with Crippen LogP contribution in [0.1, 0.15) is 32.3 Å². The van der Waals surface area contributed by atoms with E-state index < -0.39 is 16.1 Å². The molecular weight excluding hydrogens is 414 g/mol. The third-order valence-corrected chi connectivity index (χ3v) is 6.61. The van der Waals surface area contributed by atoms with Gasteiger partial charge in [0.05, 0.1) is 18.6 Å². The summed E-state index contributed by atoms with van der Waals surface area (Å²) < 4.78 is 31.4. The minimum atomic E-state index is -3.66. The molecule has 168 valence electrons. The van der Waals surface area contributed by atoms with Crippen LogP contribution < -0.4 is 19.3 Å². The fourth-order valence-corrected chi connectivity index (χ4v) is 4.98. The highest BCUT2D eigenvalue weighted by molar-refractivity contribution is 7.92. The van der Waals surface area contributed by atoms with Gasteiger partial charge in [-0.1, -0.05) is 12.1 Å². The number of anilines is 2. The number of sulfonamides is 1. The highest BCUT2D eigenvalue weighted by Gasteiger charge is 2.29. The molecule has 1 heterocycles. The highest BCUT2D eigenvalue weighted by Crippen LogP contribution is 2.24. The van der Waals surface area contributed by atoms with Gasteiger partial charge in [0.15, 0.2) is 0 Å². The molecular formula is C23H31N3O4S. The summed E-state index contributed by atoms with van der Waals surface area (Å²) in [5, 5.41) is 2.86. The van der Waals surface area contributed by atoms with Gasteiger partial charge >= 0.3 is 0 Å². The normalized spacial score (nSPS) is 14.9. The van der Waals surface area contributed by atoms with Gasteiger partial charge in [-0.2, -0.15) is 0 Å². The molecule has 0 aromatic heterocycles.